The third-order valence-corrected chi connectivity index (χ3v) is 10.2. The van der Waals surface area contributed by atoms with E-state index in [0.29, 0.717) is 61.2 Å². The highest BCUT2D eigenvalue weighted by molar-refractivity contribution is 5.88. The van der Waals surface area contributed by atoms with Gasteiger partial charge >= 0.3 is 0 Å². The summed E-state index contributed by atoms with van der Waals surface area (Å²) in [5.74, 6) is 0.100. The maximum atomic E-state index is 16.1. The number of aromatic nitrogens is 3. The maximum absolute atomic E-state index is 16.1. The number of nitrogen functional groups attached to an aromatic ring is 1. The van der Waals surface area contributed by atoms with Crippen LogP contribution in [0.2, 0.25) is 0 Å². The number of hydrogen-bond donors (Lipinski definition) is 1. The largest absolute Gasteiger partial charge is 0.489 e. The summed E-state index contributed by atoms with van der Waals surface area (Å²) in [5, 5.41) is 0.266. The van der Waals surface area contributed by atoms with Crippen molar-refractivity contribution < 1.29 is 18.3 Å². The highest BCUT2D eigenvalue weighted by atomic mass is 19.1. The van der Waals surface area contributed by atoms with Crippen LogP contribution in [0.5, 0.6) is 11.6 Å². The minimum Gasteiger partial charge on any atom is -0.489 e. The van der Waals surface area contributed by atoms with Crippen molar-refractivity contribution in [2.75, 3.05) is 57.6 Å². The van der Waals surface area contributed by atoms with Gasteiger partial charge in [0.25, 0.3) is 0 Å². The number of benzene rings is 1. The van der Waals surface area contributed by atoms with E-state index in [1.54, 1.807) is 19.5 Å². The summed E-state index contributed by atoms with van der Waals surface area (Å²) in [4.78, 5) is 29.4. The number of piperidine rings is 2. The first-order chi connectivity index (χ1) is 23.2. The molecule has 2 N–H and O–H groups in total. The summed E-state index contributed by atoms with van der Waals surface area (Å²) in [6, 6.07) is 9.00. The van der Waals surface area contributed by atoms with Crippen LogP contribution in [-0.2, 0) is 13.1 Å². The Balaban J connectivity index is 1.28. The van der Waals surface area contributed by atoms with Gasteiger partial charge in [0.05, 0.1) is 35.9 Å². The van der Waals surface area contributed by atoms with Crippen LogP contribution in [0.3, 0.4) is 0 Å². The van der Waals surface area contributed by atoms with E-state index in [1.807, 2.05) is 53.9 Å². The van der Waals surface area contributed by atoms with Crippen molar-refractivity contribution in [3.8, 4) is 11.6 Å². The summed E-state index contributed by atoms with van der Waals surface area (Å²) in [6.07, 6.45) is 6.60. The molecule has 3 aliphatic heterocycles. The lowest BCUT2D eigenvalue weighted by Crippen LogP contribution is -2.48. The van der Waals surface area contributed by atoms with Gasteiger partial charge < -0.3 is 29.6 Å². The summed E-state index contributed by atoms with van der Waals surface area (Å²) >= 11 is 0. The van der Waals surface area contributed by atoms with E-state index in [4.69, 9.17) is 15.2 Å². The highest BCUT2D eigenvalue weighted by Gasteiger charge is 2.37. The smallest absolute Gasteiger partial charge is 0.213 e. The minimum absolute atomic E-state index is 0.0996. The predicted octanol–water partition coefficient (Wildman–Crippen LogP) is 4.90. The fraction of sp³-hybridized carbons (Fsp3) is 0.472. The zero-order chi connectivity index (χ0) is 33.5. The second-order valence-electron chi connectivity index (χ2n) is 13.5. The minimum atomic E-state index is -1.23. The molecule has 3 aromatic heterocycles. The lowest BCUT2D eigenvalue weighted by Gasteiger charge is -2.40. The maximum Gasteiger partial charge on any atom is 0.213 e. The van der Waals surface area contributed by atoms with E-state index in [9.17, 15) is 4.79 Å². The van der Waals surface area contributed by atoms with E-state index >= 15 is 8.78 Å². The van der Waals surface area contributed by atoms with Crippen molar-refractivity contribution in [1.29, 1.82) is 0 Å². The lowest BCUT2D eigenvalue weighted by molar-refractivity contribution is 0.134. The molecule has 10 nitrogen and oxygen atoms in total. The first-order valence-electron chi connectivity index (χ1n) is 16.7. The molecule has 0 saturated carbocycles. The zero-order valence-corrected chi connectivity index (χ0v) is 27.7. The standard InChI is InChI=1S/C36H43F2N7O3/c1-22-21-48-36-33(27-9-12-42(2)20-30(27)38)29(37)14-28-34(36)45(22)18-24(35(28)46)17-44(16-23-8-10-40-32(13-23)47-3)26-5-4-11-43(19-26)25-6-7-31(39)41-15-25/h6-8,10,13-15,18,22,26-27,30H,4-5,9,11-12,16-17,19-21H2,1-3H3,(H2,39,41). The summed E-state index contributed by atoms with van der Waals surface area (Å²) in [5.41, 5.74) is 9.01. The Morgan fingerprint density at radius 3 is 2.75 bits per heavy atom. The van der Waals surface area contributed by atoms with Gasteiger partial charge in [-0.05, 0) is 69.6 Å². The zero-order valence-electron chi connectivity index (χ0n) is 27.7. The van der Waals surface area contributed by atoms with Crippen LogP contribution in [0.15, 0.2) is 53.7 Å². The van der Waals surface area contributed by atoms with Crippen molar-refractivity contribution >= 4 is 22.4 Å². The number of methoxy groups -OCH3 is 1. The van der Waals surface area contributed by atoms with Gasteiger partial charge in [0.1, 0.15) is 30.2 Å². The number of rotatable bonds is 8. The van der Waals surface area contributed by atoms with Gasteiger partial charge in [-0.2, -0.15) is 0 Å². The predicted molar refractivity (Wildman–Crippen MR) is 182 cm³/mol. The monoisotopic (exact) mass is 659 g/mol. The topological polar surface area (TPSA) is 102 Å². The van der Waals surface area contributed by atoms with Gasteiger partial charge in [0.2, 0.25) is 5.88 Å². The fourth-order valence-electron chi connectivity index (χ4n) is 7.64. The van der Waals surface area contributed by atoms with Crippen LogP contribution in [0.1, 0.15) is 54.8 Å². The van der Waals surface area contributed by atoms with Gasteiger partial charge in [0, 0.05) is 74.3 Å². The Hall–Kier alpha value is -4.29. The van der Waals surface area contributed by atoms with Gasteiger partial charge in [0.15, 0.2) is 5.43 Å². The SMILES string of the molecule is COc1cc(CN(Cc2cn3c4c(c(C5CCN(C)CC5F)c(F)cc4c2=O)OCC3C)C2CCCN(c3ccc(N)nc3)C2)ccn1. The van der Waals surface area contributed by atoms with E-state index in [1.165, 1.54) is 6.07 Å². The Bertz CT molecular complexity index is 1850. The second kappa shape index (κ2) is 13.3. The fourth-order valence-corrected chi connectivity index (χ4v) is 7.64. The normalized spacial score (nSPS) is 23.0. The number of likely N-dealkylation sites (tertiary alicyclic amines) is 1. The number of nitrogens with two attached hydrogens (primary N) is 1. The Labute approximate surface area is 279 Å². The van der Waals surface area contributed by atoms with Gasteiger partial charge in [-0.25, -0.2) is 18.7 Å². The Morgan fingerprint density at radius 2 is 1.98 bits per heavy atom. The van der Waals surface area contributed by atoms with E-state index in [2.05, 4.69) is 19.8 Å². The molecule has 2 saturated heterocycles. The summed E-state index contributed by atoms with van der Waals surface area (Å²) in [6.45, 7) is 5.76. The second-order valence-corrected chi connectivity index (χ2v) is 13.5. The molecule has 12 heteroatoms. The van der Waals surface area contributed by atoms with Crippen LogP contribution in [0.4, 0.5) is 20.3 Å². The molecule has 0 spiro atoms. The molecule has 1 aromatic carbocycles. The molecule has 7 rings (SSSR count). The number of halogens is 2. The Morgan fingerprint density at radius 1 is 1.12 bits per heavy atom. The molecule has 4 aromatic rings. The molecular weight excluding hydrogens is 616 g/mol. The molecule has 0 radical (unpaired) electrons. The van der Waals surface area contributed by atoms with Crippen molar-refractivity contribution in [3.63, 3.8) is 0 Å². The molecule has 0 bridgehead atoms. The van der Waals surface area contributed by atoms with Gasteiger partial charge in [-0.1, -0.05) is 0 Å². The molecule has 4 unspecified atom stereocenters. The van der Waals surface area contributed by atoms with Crippen molar-refractivity contribution in [1.82, 2.24) is 24.3 Å². The van der Waals surface area contributed by atoms with Crippen molar-refractivity contribution in [2.45, 2.75) is 63.4 Å². The first kappa shape index (κ1) is 32.3. The summed E-state index contributed by atoms with van der Waals surface area (Å²) in [7, 11) is 3.46. The van der Waals surface area contributed by atoms with Crippen LogP contribution in [-0.4, -0.2) is 83.5 Å². The summed E-state index contributed by atoms with van der Waals surface area (Å²) < 4.78 is 45.0. The molecule has 2 fully saturated rings. The molecule has 4 atom stereocenters. The van der Waals surface area contributed by atoms with Gasteiger partial charge in [-0.15, -0.1) is 0 Å². The van der Waals surface area contributed by atoms with Crippen LogP contribution < -0.4 is 25.5 Å². The number of anilines is 2. The molecular formula is C36H43F2N7O3. The third-order valence-electron chi connectivity index (χ3n) is 10.2. The van der Waals surface area contributed by atoms with Crippen LogP contribution >= 0.6 is 0 Å². The first-order valence-corrected chi connectivity index (χ1v) is 16.7. The van der Waals surface area contributed by atoms with Crippen LogP contribution in [0.25, 0.3) is 10.9 Å². The Kier molecular flexibility index (Phi) is 8.95. The average molecular weight is 660 g/mol. The number of alkyl halides is 1. The molecule has 3 aliphatic rings. The number of ether oxygens (including phenoxy) is 2. The van der Waals surface area contributed by atoms with E-state index in [0.717, 1.165) is 37.2 Å². The molecule has 0 amide bonds. The van der Waals surface area contributed by atoms with Crippen molar-refractivity contribution in [2.24, 2.45) is 0 Å². The molecule has 254 valence electrons. The number of nitrogens with zero attached hydrogens (tertiary/aromatic N) is 6. The van der Waals surface area contributed by atoms with E-state index < -0.39 is 17.9 Å². The van der Waals surface area contributed by atoms with Crippen LogP contribution in [0, 0.1) is 5.82 Å². The van der Waals surface area contributed by atoms with E-state index in [-0.39, 0.29) is 35.0 Å². The lowest BCUT2D eigenvalue weighted by atomic mass is 9.86. The third kappa shape index (κ3) is 6.19. The highest BCUT2D eigenvalue weighted by Crippen LogP contribution is 2.44. The average Bonchev–Trinajstić information content (AvgIpc) is 3.08. The van der Waals surface area contributed by atoms with Crippen molar-refractivity contribution in [3.05, 3.63) is 81.7 Å². The quantitative estimate of drug-likeness (QED) is 0.283. The number of hydrogen-bond acceptors (Lipinski definition) is 9. The van der Waals surface area contributed by atoms with Gasteiger partial charge in [-0.3, -0.25) is 9.69 Å². The number of pyridine rings is 3. The molecule has 6 heterocycles. The molecule has 48 heavy (non-hydrogen) atoms. The molecule has 0 aliphatic carbocycles.